The number of benzene rings is 1. The van der Waals surface area contributed by atoms with Crippen LogP contribution in [0.25, 0.3) is 11.0 Å². The summed E-state index contributed by atoms with van der Waals surface area (Å²) in [7, 11) is 0. The third kappa shape index (κ3) is 1.25. The zero-order valence-electron chi connectivity index (χ0n) is 7.07. The van der Waals surface area contributed by atoms with Crippen LogP contribution in [0.4, 0.5) is 5.69 Å². The van der Waals surface area contributed by atoms with Crippen LogP contribution in [0.15, 0.2) is 33.9 Å². The average Bonchev–Trinajstić information content (AvgIpc) is 2.49. The molecule has 0 aliphatic carbocycles. The second-order valence-electron chi connectivity index (χ2n) is 2.82. The molecule has 0 saturated carbocycles. The van der Waals surface area contributed by atoms with E-state index in [9.17, 15) is 4.79 Å². The first-order valence-electron chi connectivity index (χ1n) is 3.87. The van der Waals surface area contributed by atoms with Gasteiger partial charge in [-0.1, -0.05) is 11.6 Å². The van der Waals surface area contributed by atoms with Crippen molar-refractivity contribution < 1.29 is 9.21 Å². The second kappa shape index (κ2) is 2.88. The number of fused-ring (bicyclic) bond motifs is 1. The Kier molecular flexibility index (Phi) is 1.72. The minimum absolute atomic E-state index is 0.536. The number of carbonyl (C=O) groups excluding carboxylic acids is 1. The Morgan fingerprint density at radius 3 is 3.08 bits per heavy atom. The summed E-state index contributed by atoms with van der Waals surface area (Å²) in [4.78, 5) is 13.6. The Hall–Kier alpha value is -1.86. The van der Waals surface area contributed by atoms with Crippen molar-refractivity contribution in [2.24, 2.45) is 4.99 Å². The predicted octanol–water partition coefficient (Wildman–Crippen LogP) is 2.71. The van der Waals surface area contributed by atoms with Gasteiger partial charge in [-0.3, -0.25) is 0 Å². The summed E-state index contributed by atoms with van der Waals surface area (Å²) < 4.78 is 5.18. The summed E-state index contributed by atoms with van der Waals surface area (Å²) in [6.07, 6.45) is 2.95. The molecule has 1 heterocycles. The summed E-state index contributed by atoms with van der Waals surface area (Å²) >= 11 is 0. The predicted molar refractivity (Wildman–Crippen MR) is 48.7 cm³/mol. The van der Waals surface area contributed by atoms with Crippen LogP contribution in [0.2, 0.25) is 0 Å². The number of rotatable bonds is 1. The molecule has 0 radical (unpaired) electrons. The summed E-state index contributed by atoms with van der Waals surface area (Å²) in [5.41, 5.74) is 2.38. The largest absolute Gasteiger partial charge is 0.462 e. The topological polar surface area (TPSA) is 42.6 Å². The van der Waals surface area contributed by atoms with Crippen LogP contribution in [0.1, 0.15) is 5.56 Å². The van der Waals surface area contributed by atoms with Crippen LogP contribution in [0, 0.1) is 6.92 Å². The Balaban J connectivity index is 2.78. The fraction of sp³-hybridized carbons (Fsp3) is 0.100. The summed E-state index contributed by atoms with van der Waals surface area (Å²) in [6.45, 7) is 1.97. The molecule has 0 saturated heterocycles. The Morgan fingerprint density at radius 2 is 2.31 bits per heavy atom. The number of aliphatic imine (C=N–C) groups is 1. The molecule has 2 rings (SSSR count). The molecule has 0 N–H and O–H groups in total. The lowest BCUT2D eigenvalue weighted by Crippen LogP contribution is -1.69. The van der Waals surface area contributed by atoms with E-state index in [4.69, 9.17) is 4.42 Å². The fourth-order valence-corrected chi connectivity index (χ4v) is 1.27. The number of furan rings is 1. The van der Waals surface area contributed by atoms with Crippen molar-refractivity contribution in [1.29, 1.82) is 0 Å². The lowest BCUT2D eigenvalue weighted by atomic mass is 10.2. The highest BCUT2D eigenvalue weighted by Crippen LogP contribution is 2.28. The summed E-state index contributed by atoms with van der Waals surface area (Å²) in [5.74, 6) is 0. The van der Waals surface area contributed by atoms with Crippen LogP contribution in [0.3, 0.4) is 0 Å². The van der Waals surface area contributed by atoms with E-state index in [1.54, 1.807) is 0 Å². The molecule has 3 nitrogen and oxygen atoms in total. The maximum atomic E-state index is 10.1. The van der Waals surface area contributed by atoms with Gasteiger partial charge in [0, 0.05) is 5.39 Å². The first kappa shape index (κ1) is 7.77. The van der Waals surface area contributed by atoms with Crippen molar-refractivity contribution in [3.05, 3.63) is 30.0 Å². The quantitative estimate of drug-likeness (QED) is 0.491. The molecule has 2 aromatic rings. The van der Waals surface area contributed by atoms with Gasteiger partial charge in [0.15, 0.2) is 0 Å². The molecule has 1 aromatic heterocycles. The molecule has 0 fully saturated rings. The van der Waals surface area contributed by atoms with Crippen molar-refractivity contribution in [1.82, 2.24) is 0 Å². The zero-order chi connectivity index (χ0) is 9.26. The highest BCUT2D eigenvalue weighted by Gasteiger charge is 2.03. The van der Waals surface area contributed by atoms with E-state index in [0.717, 1.165) is 16.5 Å². The maximum absolute atomic E-state index is 10.1. The van der Waals surface area contributed by atoms with Crippen LogP contribution >= 0.6 is 0 Å². The second-order valence-corrected chi connectivity index (χ2v) is 2.82. The van der Waals surface area contributed by atoms with Gasteiger partial charge in [0.2, 0.25) is 6.08 Å². The Bertz CT molecular complexity index is 493. The van der Waals surface area contributed by atoms with E-state index in [2.05, 4.69) is 4.99 Å². The molecule has 64 valence electrons. The molecule has 0 bridgehead atoms. The molecule has 0 amide bonds. The molecule has 1 aromatic carbocycles. The highest BCUT2D eigenvalue weighted by molar-refractivity contribution is 5.90. The average molecular weight is 173 g/mol. The standard InChI is InChI=1S/C10H7NO2/c1-7-2-3-10-8(4-7)9(5-13-10)11-6-12/h2-5H,1H3. The van der Waals surface area contributed by atoms with Crippen LogP contribution in [0.5, 0.6) is 0 Å². The zero-order valence-corrected chi connectivity index (χ0v) is 7.07. The Morgan fingerprint density at radius 1 is 1.46 bits per heavy atom. The number of aryl methyl sites for hydroxylation is 1. The Labute approximate surface area is 74.7 Å². The van der Waals surface area contributed by atoms with Crippen LogP contribution < -0.4 is 0 Å². The van der Waals surface area contributed by atoms with Gasteiger partial charge in [0.05, 0.1) is 0 Å². The molecular formula is C10H7NO2. The molecule has 3 heteroatoms. The minimum Gasteiger partial charge on any atom is -0.462 e. The molecular weight excluding hydrogens is 166 g/mol. The van der Waals surface area contributed by atoms with Gasteiger partial charge in [-0.05, 0) is 19.1 Å². The van der Waals surface area contributed by atoms with E-state index >= 15 is 0 Å². The van der Waals surface area contributed by atoms with Gasteiger partial charge in [0.25, 0.3) is 0 Å². The van der Waals surface area contributed by atoms with Crippen molar-refractivity contribution >= 4 is 22.7 Å². The van der Waals surface area contributed by atoms with Crippen molar-refractivity contribution in [2.75, 3.05) is 0 Å². The van der Waals surface area contributed by atoms with E-state index < -0.39 is 0 Å². The number of isocyanates is 1. The first-order valence-corrected chi connectivity index (χ1v) is 3.87. The van der Waals surface area contributed by atoms with Crippen LogP contribution in [-0.2, 0) is 4.79 Å². The summed E-state index contributed by atoms with van der Waals surface area (Å²) in [6, 6.07) is 5.73. The van der Waals surface area contributed by atoms with E-state index in [0.29, 0.717) is 5.69 Å². The minimum atomic E-state index is 0.536. The normalized spacial score (nSPS) is 9.92. The molecule has 0 atom stereocenters. The summed E-state index contributed by atoms with van der Waals surface area (Å²) in [5, 5.41) is 0.850. The number of hydrogen-bond acceptors (Lipinski definition) is 3. The van der Waals surface area contributed by atoms with Gasteiger partial charge in [-0.2, -0.15) is 4.99 Å². The smallest absolute Gasteiger partial charge is 0.240 e. The first-order chi connectivity index (χ1) is 6.31. The van der Waals surface area contributed by atoms with E-state index in [1.165, 1.54) is 12.3 Å². The maximum Gasteiger partial charge on any atom is 0.240 e. The van der Waals surface area contributed by atoms with Gasteiger partial charge in [-0.15, -0.1) is 0 Å². The highest BCUT2D eigenvalue weighted by atomic mass is 16.3. The van der Waals surface area contributed by atoms with Gasteiger partial charge < -0.3 is 4.42 Å². The number of nitrogens with zero attached hydrogens (tertiary/aromatic N) is 1. The SMILES string of the molecule is Cc1ccc2occ(N=C=O)c2c1. The van der Waals surface area contributed by atoms with Gasteiger partial charge in [-0.25, -0.2) is 4.79 Å². The third-order valence-electron chi connectivity index (χ3n) is 1.87. The van der Waals surface area contributed by atoms with Crippen molar-refractivity contribution in [3.63, 3.8) is 0 Å². The van der Waals surface area contributed by atoms with Gasteiger partial charge >= 0.3 is 0 Å². The molecule has 13 heavy (non-hydrogen) atoms. The molecule has 0 spiro atoms. The van der Waals surface area contributed by atoms with E-state index in [1.807, 2.05) is 25.1 Å². The molecule has 0 unspecified atom stereocenters. The van der Waals surface area contributed by atoms with E-state index in [-0.39, 0.29) is 0 Å². The fourth-order valence-electron chi connectivity index (χ4n) is 1.27. The third-order valence-corrected chi connectivity index (χ3v) is 1.87. The lowest BCUT2D eigenvalue weighted by Gasteiger charge is -1.90. The molecule has 0 aliphatic rings. The van der Waals surface area contributed by atoms with Crippen LogP contribution in [-0.4, -0.2) is 6.08 Å². The van der Waals surface area contributed by atoms with Crippen molar-refractivity contribution in [2.45, 2.75) is 6.92 Å². The number of hydrogen-bond donors (Lipinski definition) is 0. The van der Waals surface area contributed by atoms with Gasteiger partial charge in [0.1, 0.15) is 17.5 Å². The lowest BCUT2D eigenvalue weighted by molar-refractivity contribution is 0.565. The van der Waals surface area contributed by atoms with Crippen molar-refractivity contribution in [3.8, 4) is 0 Å². The molecule has 0 aliphatic heterocycles. The monoisotopic (exact) mass is 173 g/mol.